The number of nitrogens with zero attached hydrogens (tertiary/aromatic N) is 2. The highest BCUT2D eigenvalue weighted by molar-refractivity contribution is 9.10. The van der Waals surface area contributed by atoms with Crippen molar-refractivity contribution in [2.24, 2.45) is 0 Å². The molecule has 20 heavy (non-hydrogen) atoms. The Morgan fingerprint density at radius 3 is 2.40 bits per heavy atom. The Kier molecular flexibility index (Phi) is 4.38. The van der Waals surface area contributed by atoms with E-state index in [2.05, 4.69) is 25.9 Å². The highest BCUT2D eigenvalue weighted by Crippen LogP contribution is 2.33. The van der Waals surface area contributed by atoms with Gasteiger partial charge in [0.15, 0.2) is 5.82 Å². The Morgan fingerprint density at radius 1 is 1.15 bits per heavy atom. The van der Waals surface area contributed by atoms with Gasteiger partial charge in [0.05, 0.1) is 10.7 Å². The summed E-state index contributed by atoms with van der Waals surface area (Å²) < 4.78 is 14.7. The summed E-state index contributed by atoms with van der Waals surface area (Å²) in [5, 5.41) is 0.299. The van der Waals surface area contributed by atoms with Crippen molar-refractivity contribution in [3.63, 3.8) is 0 Å². The third kappa shape index (κ3) is 3.13. The van der Waals surface area contributed by atoms with E-state index in [4.69, 9.17) is 23.2 Å². The first-order valence-corrected chi connectivity index (χ1v) is 7.44. The molecule has 0 amide bonds. The van der Waals surface area contributed by atoms with E-state index in [0.29, 0.717) is 21.6 Å². The fourth-order valence-corrected chi connectivity index (χ4v) is 2.27. The van der Waals surface area contributed by atoms with Crippen molar-refractivity contribution in [2.75, 3.05) is 0 Å². The zero-order valence-electron chi connectivity index (χ0n) is 11.1. The Bertz CT molecular complexity index is 669. The molecular weight excluding hydrogens is 366 g/mol. The summed E-state index contributed by atoms with van der Waals surface area (Å²) in [6.45, 7) is 5.90. The zero-order chi connectivity index (χ0) is 15.1. The molecule has 0 aliphatic heterocycles. The van der Waals surface area contributed by atoms with Crippen LogP contribution >= 0.6 is 39.1 Å². The van der Waals surface area contributed by atoms with Crippen molar-refractivity contribution in [2.45, 2.75) is 26.2 Å². The molecule has 6 heteroatoms. The van der Waals surface area contributed by atoms with Crippen LogP contribution in [0.3, 0.4) is 0 Å². The average Bonchev–Trinajstić information content (AvgIpc) is 2.34. The molecule has 1 aromatic carbocycles. The van der Waals surface area contributed by atoms with Gasteiger partial charge in [0.1, 0.15) is 11.0 Å². The second kappa shape index (κ2) is 5.58. The predicted molar refractivity (Wildman–Crippen MR) is 83.8 cm³/mol. The van der Waals surface area contributed by atoms with Crippen molar-refractivity contribution in [1.29, 1.82) is 0 Å². The van der Waals surface area contributed by atoms with Crippen LogP contribution in [0.5, 0.6) is 0 Å². The molecular formula is C14H12BrCl2FN2. The first-order chi connectivity index (χ1) is 9.20. The molecule has 2 aromatic rings. The summed E-state index contributed by atoms with van der Waals surface area (Å²) in [6.07, 6.45) is 0. The van der Waals surface area contributed by atoms with Gasteiger partial charge in [0.2, 0.25) is 0 Å². The summed E-state index contributed by atoms with van der Waals surface area (Å²) in [7, 11) is 0. The molecule has 0 saturated carbocycles. The van der Waals surface area contributed by atoms with Crippen LogP contribution in [-0.2, 0) is 5.41 Å². The molecule has 0 saturated heterocycles. The maximum absolute atomic E-state index is 14.2. The van der Waals surface area contributed by atoms with Crippen LogP contribution in [0.1, 0.15) is 26.6 Å². The summed E-state index contributed by atoms with van der Waals surface area (Å²) in [4.78, 5) is 8.59. The van der Waals surface area contributed by atoms with E-state index in [9.17, 15) is 4.39 Å². The van der Waals surface area contributed by atoms with Gasteiger partial charge in [0, 0.05) is 21.5 Å². The minimum Gasteiger partial charge on any atom is -0.232 e. The molecule has 0 spiro atoms. The fraction of sp³-hybridized carbons (Fsp3) is 0.286. The summed E-state index contributed by atoms with van der Waals surface area (Å²) >= 11 is 15.1. The number of halogens is 4. The Labute approximate surface area is 135 Å². The molecule has 0 unspecified atom stereocenters. The molecule has 2 nitrogen and oxygen atoms in total. The standard InChI is InChI=1S/C14H12BrCl2FN2/c1-14(2,3)13-19-9(6-10(16)20-13)7-4-5-8(15)11(17)12(7)18/h4-6H,1-3H3. The third-order valence-corrected chi connectivity index (χ3v) is 4.13. The maximum atomic E-state index is 14.2. The lowest BCUT2D eigenvalue weighted by Gasteiger charge is -2.17. The quantitative estimate of drug-likeness (QED) is 0.474. The summed E-state index contributed by atoms with van der Waals surface area (Å²) in [5.74, 6) is 0.0223. The van der Waals surface area contributed by atoms with E-state index in [1.165, 1.54) is 6.07 Å². The zero-order valence-corrected chi connectivity index (χ0v) is 14.2. The molecule has 0 aliphatic carbocycles. The van der Waals surface area contributed by atoms with Gasteiger partial charge in [-0.3, -0.25) is 0 Å². The first kappa shape index (κ1) is 15.7. The minimum atomic E-state index is -0.532. The second-order valence-electron chi connectivity index (χ2n) is 5.37. The van der Waals surface area contributed by atoms with E-state index < -0.39 is 5.82 Å². The smallest absolute Gasteiger partial charge is 0.152 e. The normalized spacial score (nSPS) is 11.8. The lowest BCUT2D eigenvalue weighted by Crippen LogP contribution is -2.16. The fourth-order valence-electron chi connectivity index (χ4n) is 1.61. The number of hydrogen-bond donors (Lipinski definition) is 0. The van der Waals surface area contributed by atoms with E-state index in [1.807, 2.05) is 20.8 Å². The van der Waals surface area contributed by atoms with Crippen LogP contribution in [0.4, 0.5) is 4.39 Å². The van der Waals surface area contributed by atoms with E-state index in [1.54, 1.807) is 12.1 Å². The van der Waals surface area contributed by atoms with Crippen LogP contribution in [0, 0.1) is 5.82 Å². The third-order valence-electron chi connectivity index (χ3n) is 2.68. The van der Waals surface area contributed by atoms with Crippen LogP contribution in [0.15, 0.2) is 22.7 Å². The van der Waals surface area contributed by atoms with Gasteiger partial charge >= 0.3 is 0 Å². The molecule has 0 radical (unpaired) electrons. The number of benzene rings is 1. The Morgan fingerprint density at radius 2 is 1.80 bits per heavy atom. The van der Waals surface area contributed by atoms with Gasteiger partial charge in [0.25, 0.3) is 0 Å². The van der Waals surface area contributed by atoms with Gasteiger partial charge in [-0.15, -0.1) is 0 Å². The van der Waals surface area contributed by atoms with Crippen molar-refractivity contribution >= 4 is 39.1 Å². The predicted octanol–water partition coefficient (Wildman–Crippen LogP) is 5.65. The van der Waals surface area contributed by atoms with E-state index >= 15 is 0 Å². The topological polar surface area (TPSA) is 25.8 Å². The summed E-state index contributed by atoms with van der Waals surface area (Å²) in [5.41, 5.74) is 0.435. The average molecular weight is 378 g/mol. The van der Waals surface area contributed by atoms with Crippen LogP contribution < -0.4 is 0 Å². The van der Waals surface area contributed by atoms with Gasteiger partial charge in [-0.1, -0.05) is 44.0 Å². The van der Waals surface area contributed by atoms with Crippen molar-refractivity contribution in [1.82, 2.24) is 9.97 Å². The van der Waals surface area contributed by atoms with Crippen LogP contribution in [0.2, 0.25) is 10.2 Å². The molecule has 1 aromatic heterocycles. The number of hydrogen-bond acceptors (Lipinski definition) is 2. The highest BCUT2D eigenvalue weighted by Gasteiger charge is 2.21. The molecule has 0 atom stereocenters. The second-order valence-corrected chi connectivity index (χ2v) is 6.99. The maximum Gasteiger partial charge on any atom is 0.152 e. The molecule has 0 fully saturated rings. The summed E-state index contributed by atoms with van der Waals surface area (Å²) in [6, 6.07) is 4.81. The lowest BCUT2D eigenvalue weighted by atomic mass is 9.95. The van der Waals surface area contributed by atoms with Crippen molar-refractivity contribution in [3.8, 4) is 11.3 Å². The highest BCUT2D eigenvalue weighted by atomic mass is 79.9. The Hall–Kier alpha value is -0.710. The minimum absolute atomic E-state index is 0.0227. The van der Waals surface area contributed by atoms with Gasteiger partial charge in [-0.2, -0.15) is 0 Å². The molecule has 0 bridgehead atoms. The first-order valence-electron chi connectivity index (χ1n) is 5.89. The van der Waals surface area contributed by atoms with Crippen molar-refractivity contribution < 1.29 is 4.39 Å². The van der Waals surface area contributed by atoms with Gasteiger partial charge < -0.3 is 0 Å². The van der Waals surface area contributed by atoms with Crippen LogP contribution in [-0.4, -0.2) is 9.97 Å². The molecule has 106 valence electrons. The number of rotatable bonds is 1. The van der Waals surface area contributed by atoms with Gasteiger partial charge in [-0.25, -0.2) is 14.4 Å². The molecule has 0 aliphatic rings. The van der Waals surface area contributed by atoms with Crippen molar-refractivity contribution in [3.05, 3.63) is 44.5 Å². The number of aromatic nitrogens is 2. The molecule has 0 N–H and O–H groups in total. The lowest BCUT2D eigenvalue weighted by molar-refractivity contribution is 0.545. The van der Waals surface area contributed by atoms with Crippen LogP contribution in [0.25, 0.3) is 11.3 Å². The molecule has 1 heterocycles. The monoisotopic (exact) mass is 376 g/mol. The van der Waals surface area contributed by atoms with Gasteiger partial charge in [-0.05, 0) is 28.1 Å². The van der Waals surface area contributed by atoms with E-state index in [0.717, 1.165) is 0 Å². The largest absolute Gasteiger partial charge is 0.232 e. The molecule has 2 rings (SSSR count). The Balaban J connectivity index is 2.65. The SMILES string of the molecule is CC(C)(C)c1nc(Cl)cc(-c2ccc(Br)c(Cl)c2F)n1. The van der Waals surface area contributed by atoms with E-state index in [-0.39, 0.29) is 15.6 Å².